The van der Waals surface area contributed by atoms with Crippen molar-refractivity contribution in [1.82, 2.24) is 9.78 Å². The molecule has 1 aromatic heterocycles. The molecular weight excluding hydrogens is 179 g/mol. The van der Waals surface area contributed by atoms with Gasteiger partial charge >= 0.3 is 0 Å². The molecule has 14 heavy (non-hydrogen) atoms. The summed E-state index contributed by atoms with van der Waals surface area (Å²) in [5.74, 6) is -0.306. The van der Waals surface area contributed by atoms with E-state index in [0.717, 1.165) is 10.2 Å². The van der Waals surface area contributed by atoms with Gasteiger partial charge in [-0.05, 0) is 17.5 Å². The molecule has 0 atom stereocenters. The van der Waals surface area contributed by atoms with Crippen molar-refractivity contribution in [3.63, 3.8) is 0 Å². The fourth-order valence-corrected chi connectivity index (χ4v) is 1.60. The lowest BCUT2D eigenvalue weighted by Gasteiger charge is -2.05. The molecule has 0 radical (unpaired) electrons. The van der Waals surface area contributed by atoms with Crippen LogP contribution in [0.1, 0.15) is 29.4 Å². The summed E-state index contributed by atoms with van der Waals surface area (Å²) >= 11 is 0. The molecular formula is C11H13FN2. The van der Waals surface area contributed by atoms with Gasteiger partial charge < -0.3 is 0 Å². The number of rotatable bonds is 1. The zero-order chi connectivity index (χ0) is 12.8. The van der Waals surface area contributed by atoms with Crippen LogP contribution < -0.4 is 0 Å². The van der Waals surface area contributed by atoms with Gasteiger partial charge in [-0.2, -0.15) is 5.10 Å². The van der Waals surface area contributed by atoms with Gasteiger partial charge in [0.25, 0.3) is 0 Å². The average Bonchev–Trinajstić information content (AvgIpc) is 2.62. The van der Waals surface area contributed by atoms with Crippen LogP contribution in [-0.4, -0.2) is 9.78 Å². The Morgan fingerprint density at radius 1 is 1.50 bits per heavy atom. The Morgan fingerprint density at radius 3 is 2.93 bits per heavy atom. The Kier molecular flexibility index (Phi) is 1.36. The minimum absolute atomic E-state index is 0.118. The summed E-state index contributed by atoms with van der Waals surface area (Å²) in [6.07, 6.45) is 1.39. The first-order valence-electron chi connectivity index (χ1n) is 5.99. The van der Waals surface area contributed by atoms with Gasteiger partial charge in [0.2, 0.25) is 0 Å². The summed E-state index contributed by atoms with van der Waals surface area (Å²) in [6, 6.07) is 3.00. The van der Waals surface area contributed by atoms with Crippen molar-refractivity contribution in [1.29, 1.82) is 0 Å². The highest BCUT2D eigenvalue weighted by Gasteiger charge is 2.11. The first-order valence-corrected chi connectivity index (χ1v) is 4.49. The molecule has 1 heterocycles. The van der Waals surface area contributed by atoms with E-state index in [1.54, 1.807) is 6.07 Å². The van der Waals surface area contributed by atoms with E-state index >= 15 is 0 Å². The third-order valence-electron chi connectivity index (χ3n) is 2.28. The standard InChI is InChI=1S/C11H13FN2/c1-7(2)8-4-5-10(12)11-9(8)6-14(3)13-11/h4-7H,1-3H3/i3D3. The topological polar surface area (TPSA) is 17.8 Å². The van der Waals surface area contributed by atoms with Crippen LogP contribution in [0.15, 0.2) is 18.3 Å². The number of aryl methyl sites for hydroxylation is 1. The van der Waals surface area contributed by atoms with E-state index in [0.29, 0.717) is 5.39 Å². The lowest BCUT2D eigenvalue weighted by molar-refractivity contribution is 0.631. The maximum Gasteiger partial charge on any atom is 0.151 e. The fraction of sp³-hybridized carbons (Fsp3) is 0.364. The number of halogens is 1. The molecule has 0 bridgehead atoms. The van der Waals surface area contributed by atoms with Gasteiger partial charge in [0, 0.05) is 22.7 Å². The fourth-order valence-electron chi connectivity index (χ4n) is 1.60. The molecule has 0 fully saturated rings. The molecule has 3 heteroatoms. The molecule has 0 amide bonds. The minimum atomic E-state index is -2.38. The van der Waals surface area contributed by atoms with Crippen molar-refractivity contribution in [3.8, 4) is 0 Å². The van der Waals surface area contributed by atoms with Crippen LogP contribution >= 0.6 is 0 Å². The van der Waals surface area contributed by atoms with Crippen molar-refractivity contribution in [3.05, 3.63) is 29.7 Å². The molecule has 0 unspecified atom stereocenters. The maximum atomic E-state index is 13.6. The highest BCUT2D eigenvalue weighted by Crippen LogP contribution is 2.26. The number of fused-ring (bicyclic) bond motifs is 1. The van der Waals surface area contributed by atoms with Crippen molar-refractivity contribution in [2.24, 2.45) is 6.98 Å². The Morgan fingerprint density at radius 2 is 2.29 bits per heavy atom. The van der Waals surface area contributed by atoms with Gasteiger partial charge in [0.1, 0.15) is 5.52 Å². The van der Waals surface area contributed by atoms with Gasteiger partial charge in [-0.15, -0.1) is 0 Å². The highest BCUT2D eigenvalue weighted by atomic mass is 19.1. The molecule has 2 nitrogen and oxygen atoms in total. The van der Waals surface area contributed by atoms with Crippen molar-refractivity contribution in [2.75, 3.05) is 0 Å². The van der Waals surface area contributed by atoms with Crippen LogP contribution in [-0.2, 0) is 6.98 Å². The highest BCUT2D eigenvalue weighted by molar-refractivity contribution is 5.82. The molecule has 0 aliphatic rings. The molecule has 0 saturated carbocycles. The number of benzene rings is 1. The Hall–Kier alpha value is -1.38. The summed E-state index contributed by atoms with van der Waals surface area (Å²) < 4.78 is 36.2. The van der Waals surface area contributed by atoms with Crippen molar-refractivity contribution < 1.29 is 8.50 Å². The summed E-state index contributed by atoms with van der Waals surface area (Å²) in [4.78, 5) is 0. The number of aromatic nitrogens is 2. The lowest BCUT2D eigenvalue weighted by Crippen LogP contribution is -1.89. The zero-order valence-electron chi connectivity index (χ0n) is 11.1. The molecule has 2 rings (SSSR count). The molecule has 0 saturated heterocycles. The number of hydrogen-bond acceptors (Lipinski definition) is 1. The largest absolute Gasteiger partial charge is 0.274 e. The van der Waals surface area contributed by atoms with Gasteiger partial charge in [-0.1, -0.05) is 19.9 Å². The summed E-state index contributed by atoms with van der Waals surface area (Å²) in [5, 5.41) is 4.37. The second kappa shape index (κ2) is 3.08. The van der Waals surface area contributed by atoms with E-state index in [1.807, 2.05) is 13.8 Å². The first-order chi connectivity index (χ1) is 7.80. The van der Waals surface area contributed by atoms with Crippen LogP contribution in [0.2, 0.25) is 0 Å². The van der Waals surface area contributed by atoms with Crippen molar-refractivity contribution >= 4 is 10.9 Å². The Labute approximate surface area is 86.6 Å². The Bertz CT molecular complexity index is 558. The minimum Gasteiger partial charge on any atom is -0.274 e. The van der Waals surface area contributed by atoms with Crippen LogP contribution in [0.3, 0.4) is 0 Å². The predicted octanol–water partition coefficient (Wildman–Crippen LogP) is 2.84. The third kappa shape index (κ3) is 1.29. The molecule has 0 aliphatic heterocycles. The average molecular weight is 195 g/mol. The van der Waals surface area contributed by atoms with E-state index in [1.165, 1.54) is 12.3 Å². The molecule has 0 aliphatic carbocycles. The van der Waals surface area contributed by atoms with E-state index in [9.17, 15) is 4.39 Å². The first kappa shape index (κ1) is 6.17. The third-order valence-corrected chi connectivity index (χ3v) is 2.28. The van der Waals surface area contributed by atoms with E-state index in [2.05, 4.69) is 5.10 Å². The lowest BCUT2D eigenvalue weighted by atomic mass is 9.99. The van der Waals surface area contributed by atoms with E-state index in [4.69, 9.17) is 4.11 Å². The molecule has 2 aromatic rings. The second-order valence-corrected chi connectivity index (χ2v) is 3.63. The van der Waals surface area contributed by atoms with Crippen LogP contribution in [0.5, 0.6) is 0 Å². The Balaban J connectivity index is 2.74. The number of hydrogen-bond donors (Lipinski definition) is 0. The molecule has 0 N–H and O–H groups in total. The van der Waals surface area contributed by atoms with Crippen molar-refractivity contribution in [2.45, 2.75) is 19.8 Å². The van der Waals surface area contributed by atoms with Gasteiger partial charge in [-0.25, -0.2) is 4.39 Å². The number of nitrogens with zero attached hydrogens (tertiary/aromatic N) is 2. The summed E-state index contributed by atoms with van der Waals surface area (Å²) in [7, 11) is 0. The molecule has 74 valence electrons. The summed E-state index contributed by atoms with van der Waals surface area (Å²) in [5.41, 5.74) is 1.02. The monoisotopic (exact) mass is 195 g/mol. The SMILES string of the molecule is [2H]C([2H])([2H])n1cc2c(C(C)C)ccc(F)c2n1. The summed E-state index contributed by atoms with van der Waals surface area (Å²) in [6.45, 7) is 1.57. The van der Waals surface area contributed by atoms with Gasteiger partial charge in [0.05, 0.1) is 0 Å². The zero-order valence-corrected chi connectivity index (χ0v) is 8.08. The maximum absolute atomic E-state index is 13.6. The normalized spacial score (nSPS) is 15.6. The quantitative estimate of drug-likeness (QED) is 0.684. The van der Waals surface area contributed by atoms with Gasteiger partial charge in [0.15, 0.2) is 5.82 Å². The predicted molar refractivity (Wildman–Crippen MR) is 54.8 cm³/mol. The molecule has 1 aromatic carbocycles. The smallest absolute Gasteiger partial charge is 0.151 e. The van der Waals surface area contributed by atoms with Crippen LogP contribution in [0.4, 0.5) is 4.39 Å². The van der Waals surface area contributed by atoms with Gasteiger partial charge in [-0.3, -0.25) is 4.68 Å². The second-order valence-electron chi connectivity index (χ2n) is 3.63. The van der Waals surface area contributed by atoms with E-state index < -0.39 is 12.8 Å². The van der Waals surface area contributed by atoms with E-state index in [-0.39, 0.29) is 11.4 Å². The van der Waals surface area contributed by atoms with Crippen LogP contribution in [0.25, 0.3) is 10.9 Å². The van der Waals surface area contributed by atoms with Crippen LogP contribution in [0, 0.1) is 5.82 Å². The molecule has 0 spiro atoms.